The molecule has 2 amide bonds. The van der Waals surface area contributed by atoms with E-state index >= 15 is 0 Å². The molecule has 0 radical (unpaired) electrons. The Balaban J connectivity index is 1.11. The van der Waals surface area contributed by atoms with Gasteiger partial charge in [-0.1, -0.05) is 30.3 Å². The lowest BCUT2D eigenvalue weighted by Gasteiger charge is -2.33. The third kappa shape index (κ3) is 5.76. The van der Waals surface area contributed by atoms with E-state index in [1.165, 1.54) is 17.5 Å². The minimum atomic E-state index is -0.0579. The Morgan fingerprint density at radius 1 is 0.838 bits per heavy atom. The lowest BCUT2D eigenvalue weighted by atomic mass is 10.0. The summed E-state index contributed by atoms with van der Waals surface area (Å²) in [6.07, 6.45) is 5.68. The van der Waals surface area contributed by atoms with E-state index in [2.05, 4.69) is 38.6 Å². The summed E-state index contributed by atoms with van der Waals surface area (Å²) in [7, 11) is 0. The molecule has 1 saturated carbocycles. The van der Waals surface area contributed by atoms with Gasteiger partial charge in [-0.2, -0.15) is 5.10 Å². The van der Waals surface area contributed by atoms with Gasteiger partial charge in [-0.15, -0.1) is 0 Å². The summed E-state index contributed by atoms with van der Waals surface area (Å²) in [5.41, 5.74) is 5.67. The molecule has 1 aromatic heterocycles. The molecule has 8 nitrogen and oxygen atoms in total. The normalized spacial score (nSPS) is 17.9. The highest BCUT2D eigenvalue weighted by Gasteiger charge is 2.26. The van der Waals surface area contributed by atoms with Crippen LogP contribution in [0.4, 0.5) is 5.82 Å². The summed E-state index contributed by atoms with van der Waals surface area (Å²) in [4.78, 5) is 29.5. The minimum absolute atomic E-state index is 0.0579. The van der Waals surface area contributed by atoms with Crippen LogP contribution in [0.1, 0.15) is 30.4 Å². The molecule has 0 spiro atoms. The first-order chi connectivity index (χ1) is 18.1. The van der Waals surface area contributed by atoms with Crippen LogP contribution in [0.25, 0.3) is 16.9 Å². The predicted molar refractivity (Wildman–Crippen MR) is 144 cm³/mol. The number of anilines is 1. The number of nitrogens with one attached hydrogen (secondary N) is 2. The van der Waals surface area contributed by atoms with Gasteiger partial charge in [0.15, 0.2) is 0 Å². The Morgan fingerprint density at radius 3 is 2.27 bits per heavy atom. The van der Waals surface area contributed by atoms with E-state index in [9.17, 15) is 9.59 Å². The van der Waals surface area contributed by atoms with E-state index in [1.54, 1.807) is 0 Å². The van der Waals surface area contributed by atoms with Crippen molar-refractivity contribution in [3.63, 3.8) is 0 Å². The number of hydrogen-bond acceptors (Lipinski definition) is 5. The van der Waals surface area contributed by atoms with Gasteiger partial charge in [0.1, 0.15) is 5.82 Å². The highest BCUT2D eigenvalue weighted by Crippen LogP contribution is 2.30. The quantitative estimate of drug-likeness (QED) is 0.499. The Kier molecular flexibility index (Phi) is 6.76. The lowest BCUT2D eigenvalue weighted by Crippen LogP contribution is -2.51. The van der Waals surface area contributed by atoms with Crippen molar-refractivity contribution in [1.29, 1.82) is 0 Å². The van der Waals surface area contributed by atoms with Crippen molar-refractivity contribution in [1.82, 2.24) is 24.9 Å². The first-order valence-electron chi connectivity index (χ1n) is 13.4. The SMILES string of the molecule is O=C(CN1CCN(CC(=O)NC2CC2)CC1)Nc1cc(-c2ccc3c(c2)CCC3)nn1-c1ccccc1. The highest BCUT2D eigenvalue weighted by molar-refractivity contribution is 5.92. The third-order valence-electron chi connectivity index (χ3n) is 7.51. The molecule has 3 aromatic rings. The number of fused-ring (bicyclic) bond motifs is 1. The van der Waals surface area contributed by atoms with E-state index in [-0.39, 0.29) is 11.8 Å². The molecule has 2 heterocycles. The van der Waals surface area contributed by atoms with Crippen LogP contribution in [0.15, 0.2) is 54.6 Å². The highest BCUT2D eigenvalue weighted by atomic mass is 16.2. The second kappa shape index (κ2) is 10.5. The van der Waals surface area contributed by atoms with Gasteiger partial charge in [0.05, 0.1) is 24.5 Å². The van der Waals surface area contributed by atoms with Crippen LogP contribution >= 0.6 is 0 Å². The molecule has 8 heteroatoms. The molecule has 6 rings (SSSR count). The molecule has 2 N–H and O–H groups in total. The Bertz CT molecular complexity index is 1270. The largest absolute Gasteiger partial charge is 0.352 e. The van der Waals surface area contributed by atoms with Crippen LogP contribution < -0.4 is 10.6 Å². The Labute approximate surface area is 217 Å². The van der Waals surface area contributed by atoms with Crippen molar-refractivity contribution in [2.75, 3.05) is 44.6 Å². The molecule has 3 aliphatic rings. The number of carbonyl (C=O) groups is 2. The molecular formula is C29H34N6O2. The number of para-hydroxylation sites is 1. The number of carbonyl (C=O) groups excluding carboxylic acids is 2. The molecule has 1 aliphatic heterocycles. The first-order valence-corrected chi connectivity index (χ1v) is 13.4. The molecule has 2 aliphatic carbocycles. The van der Waals surface area contributed by atoms with Gasteiger partial charge >= 0.3 is 0 Å². The molecule has 0 unspecified atom stereocenters. The second-order valence-electron chi connectivity index (χ2n) is 10.4. The summed E-state index contributed by atoms with van der Waals surface area (Å²) in [6, 6.07) is 18.9. The zero-order valence-electron chi connectivity index (χ0n) is 21.2. The van der Waals surface area contributed by atoms with E-state index in [1.807, 2.05) is 41.1 Å². The van der Waals surface area contributed by atoms with Crippen molar-refractivity contribution < 1.29 is 9.59 Å². The van der Waals surface area contributed by atoms with Crippen molar-refractivity contribution in [3.05, 3.63) is 65.7 Å². The summed E-state index contributed by atoms with van der Waals surface area (Å²) in [5, 5.41) is 11.0. The maximum atomic E-state index is 13.1. The van der Waals surface area contributed by atoms with Crippen LogP contribution in [0.2, 0.25) is 0 Å². The maximum absolute atomic E-state index is 13.1. The van der Waals surface area contributed by atoms with E-state index in [4.69, 9.17) is 5.10 Å². The fourth-order valence-electron chi connectivity index (χ4n) is 5.30. The van der Waals surface area contributed by atoms with Gasteiger partial charge in [-0.3, -0.25) is 19.4 Å². The van der Waals surface area contributed by atoms with E-state index < -0.39 is 0 Å². The number of amides is 2. The maximum Gasteiger partial charge on any atom is 0.239 e. The topological polar surface area (TPSA) is 82.5 Å². The number of nitrogens with zero attached hydrogens (tertiary/aromatic N) is 4. The average molecular weight is 499 g/mol. The lowest BCUT2D eigenvalue weighted by molar-refractivity contribution is -0.123. The van der Waals surface area contributed by atoms with Gasteiger partial charge in [0.2, 0.25) is 11.8 Å². The van der Waals surface area contributed by atoms with Crippen LogP contribution in [0.5, 0.6) is 0 Å². The summed E-state index contributed by atoms with van der Waals surface area (Å²) >= 11 is 0. The molecule has 2 fully saturated rings. The van der Waals surface area contributed by atoms with Crippen LogP contribution in [-0.4, -0.2) is 76.7 Å². The smallest absolute Gasteiger partial charge is 0.239 e. The Morgan fingerprint density at radius 2 is 1.54 bits per heavy atom. The first kappa shape index (κ1) is 23.9. The van der Waals surface area contributed by atoms with Crippen LogP contribution in [-0.2, 0) is 22.4 Å². The molecule has 2 aromatic carbocycles. The summed E-state index contributed by atoms with van der Waals surface area (Å²) in [6.45, 7) is 3.87. The van der Waals surface area contributed by atoms with Gasteiger partial charge in [0, 0.05) is 43.9 Å². The van der Waals surface area contributed by atoms with Gasteiger partial charge < -0.3 is 10.6 Å². The molecule has 0 bridgehead atoms. The van der Waals surface area contributed by atoms with Crippen molar-refractivity contribution in [2.24, 2.45) is 0 Å². The van der Waals surface area contributed by atoms with Crippen molar-refractivity contribution in [2.45, 2.75) is 38.1 Å². The summed E-state index contributed by atoms with van der Waals surface area (Å²) < 4.78 is 1.82. The van der Waals surface area contributed by atoms with Gasteiger partial charge in [-0.25, -0.2) is 4.68 Å². The molecule has 1 saturated heterocycles. The minimum Gasteiger partial charge on any atom is -0.352 e. The van der Waals surface area contributed by atoms with Gasteiger partial charge in [0.25, 0.3) is 0 Å². The average Bonchev–Trinajstić information content (AvgIpc) is 3.42. The third-order valence-corrected chi connectivity index (χ3v) is 7.51. The number of rotatable bonds is 8. The fraction of sp³-hybridized carbons (Fsp3) is 0.414. The van der Waals surface area contributed by atoms with Crippen molar-refractivity contribution >= 4 is 17.6 Å². The number of aryl methyl sites for hydroxylation is 2. The zero-order chi connectivity index (χ0) is 25.2. The van der Waals surface area contributed by atoms with Gasteiger partial charge in [-0.05, 0) is 61.4 Å². The number of piperazine rings is 1. The number of hydrogen-bond donors (Lipinski definition) is 2. The Hall–Kier alpha value is -3.49. The second-order valence-corrected chi connectivity index (χ2v) is 10.4. The zero-order valence-corrected chi connectivity index (χ0v) is 21.2. The fourth-order valence-corrected chi connectivity index (χ4v) is 5.30. The molecule has 0 atom stereocenters. The molecule has 192 valence electrons. The van der Waals surface area contributed by atoms with Crippen molar-refractivity contribution in [3.8, 4) is 16.9 Å². The summed E-state index contributed by atoms with van der Waals surface area (Å²) in [5.74, 6) is 0.724. The van der Waals surface area contributed by atoms with E-state index in [0.717, 1.165) is 68.8 Å². The monoisotopic (exact) mass is 498 g/mol. The number of aromatic nitrogens is 2. The van der Waals surface area contributed by atoms with Crippen LogP contribution in [0.3, 0.4) is 0 Å². The standard InChI is InChI=1S/C29H34N6O2/c36-28(30-24-11-12-24)19-33-13-15-34(16-14-33)20-29(37)31-27-18-26(32-35(27)25-7-2-1-3-8-25)23-10-9-21-5-4-6-22(21)17-23/h1-3,7-10,17-18,24H,4-6,11-16,19-20H2,(H,30,36)(H,31,37). The van der Waals surface area contributed by atoms with E-state index in [0.29, 0.717) is 24.9 Å². The predicted octanol–water partition coefficient (Wildman–Crippen LogP) is 2.86. The number of benzene rings is 2. The van der Waals surface area contributed by atoms with Crippen LogP contribution in [0, 0.1) is 0 Å². The molecular weight excluding hydrogens is 464 g/mol. The molecule has 37 heavy (non-hydrogen) atoms.